The van der Waals surface area contributed by atoms with E-state index < -0.39 is 23.2 Å². The van der Waals surface area contributed by atoms with Gasteiger partial charge in [0.15, 0.2) is 5.82 Å². The molecule has 0 fully saturated rings. The van der Waals surface area contributed by atoms with Crippen molar-refractivity contribution in [3.63, 3.8) is 0 Å². The highest BCUT2D eigenvalue weighted by atomic mass is 79.9. The summed E-state index contributed by atoms with van der Waals surface area (Å²) in [5.41, 5.74) is -0.0274. The maximum absolute atomic E-state index is 13.4. The van der Waals surface area contributed by atoms with Gasteiger partial charge in [-0.2, -0.15) is 4.39 Å². The van der Waals surface area contributed by atoms with E-state index in [-0.39, 0.29) is 0 Å². The molecule has 0 bridgehead atoms. The van der Waals surface area contributed by atoms with Crippen LogP contribution in [0.4, 0.5) is 14.5 Å². The predicted molar refractivity (Wildman–Crippen MR) is 71.3 cm³/mol. The third-order valence-corrected chi connectivity index (χ3v) is 3.16. The van der Waals surface area contributed by atoms with E-state index in [1.807, 2.05) is 0 Å². The van der Waals surface area contributed by atoms with Crippen LogP contribution in [0.15, 0.2) is 34.9 Å². The molecule has 3 nitrogen and oxygen atoms in total. The Morgan fingerprint density at radius 2 is 2.05 bits per heavy atom. The number of hydrogen-bond donors (Lipinski definition) is 1. The number of benzene rings is 1. The number of anilines is 1. The van der Waals surface area contributed by atoms with E-state index in [2.05, 4.69) is 26.2 Å². The van der Waals surface area contributed by atoms with Crippen molar-refractivity contribution in [2.24, 2.45) is 0 Å². The van der Waals surface area contributed by atoms with Gasteiger partial charge in [-0.05, 0) is 40.2 Å². The molecule has 7 heteroatoms. The molecule has 1 N–H and O–H groups in total. The van der Waals surface area contributed by atoms with Crippen molar-refractivity contribution in [2.45, 2.75) is 0 Å². The van der Waals surface area contributed by atoms with E-state index in [1.54, 1.807) is 18.2 Å². The number of pyridine rings is 1. The smallest absolute Gasteiger partial charge is 0.258 e. The Labute approximate surface area is 120 Å². The summed E-state index contributed by atoms with van der Waals surface area (Å²) in [6.45, 7) is 0. The average molecular weight is 348 g/mol. The Morgan fingerprint density at radius 1 is 1.32 bits per heavy atom. The van der Waals surface area contributed by atoms with Crippen molar-refractivity contribution >= 4 is 39.1 Å². The normalized spacial score (nSPS) is 10.3. The largest absolute Gasteiger partial charge is 0.321 e. The Morgan fingerprint density at radius 3 is 2.74 bits per heavy atom. The molecule has 0 radical (unpaired) electrons. The fourth-order valence-electron chi connectivity index (χ4n) is 1.37. The number of nitrogens with one attached hydrogen (secondary N) is 1. The van der Waals surface area contributed by atoms with Crippen LogP contribution in [0.25, 0.3) is 0 Å². The zero-order chi connectivity index (χ0) is 14.0. The van der Waals surface area contributed by atoms with Crippen LogP contribution in [0.1, 0.15) is 10.4 Å². The molecule has 0 aliphatic carbocycles. The molecule has 98 valence electrons. The van der Waals surface area contributed by atoms with E-state index in [4.69, 9.17) is 11.6 Å². The van der Waals surface area contributed by atoms with Gasteiger partial charge in [0.25, 0.3) is 5.91 Å². The molecule has 0 atom stereocenters. The topological polar surface area (TPSA) is 42.0 Å². The van der Waals surface area contributed by atoms with E-state index in [0.29, 0.717) is 15.2 Å². The van der Waals surface area contributed by atoms with Crippen molar-refractivity contribution in [1.82, 2.24) is 4.98 Å². The molecule has 0 saturated heterocycles. The van der Waals surface area contributed by atoms with Crippen molar-refractivity contribution < 1.29 is 13.6 Å². The Balaban J connectivity index is 2.28. The van der Waals surface area contributed by atoms with Crippen LogP contribution in [0, 0.1) is 11.8 Å². The van der Waals surface area contributed by atoms with Crippen molar-refractivity contribution in [1.29, 1.82) is 0 Å². The molecule has 1 heterocycles. The van der Waals surface area contributed by atoms with Crippen LogP contribution >= 0.6 is 27.5 Å². The molecule has 1 aromatic carbocycles. The molecule has 0 aliphatic rings. The summed E-state index contributed by atoms with van der Waals surface area (Å²) in [6, 6.07) is 5.77. The van der Waals surface area contributed by atoms with Gasteiger partial charge in [0, 0.05) is 15.7 Å². The number of amides is 1. The van der Waals surface area contributed by atoms with Crippen LogP contribution in [0.5, 0.6) is 0 Å². The minimum absolute atomic E-state index is 0.394. The van der Waals surface area contributed by atoms with Crippen molar-refractivity contribution in [3.8, 4) is 0 Å². The summed E-state index contributed by atoms with van der Waals surface area (Å²) in [5, 5.41) is 2.92. The number of aromatic nitrogens is 1. The van der Waals surface area contributed by atoms with Gasteiger partial charge in [-0.25, -0.2) is 9.37 Å². The molecule has 0 spiro atoms. The third kappa shape index (κ3) is 3.08. The second kappa shape index (κ2) is 5.63. The molecule has 2 aromatic rings. The summed E-state index contributed by atoms with van der Waals surface area (Å²) < 4.78 is 26.8. The Bertz CT molecular complexity index is 652. The van der Waals surface area contributed by atoms with E-state index in [9.17, 15) is 13.6 Å². The SMILES string of the molecule is O=C(Nc1ccc(Cl)cc1Br)c1ccnc(F)c1F. The predicted octanol–water partition coefficient (Wildman–Crippen LogP) is 4.03. The van der Waals surface area contributed by atoms with Gasteiger partial charge in [-0.3, -0.25) is 4.79 Å². The summed E-state index contributed by atoms with van der Waals surface area (Å²) in [5.74, 6) is -3.38. The van der Waals surface area contributed by atoms with Gasteiger partial charge >= 0.3 is 0 Å². The standard InChI is InChI=1S/C12H6BrClF2N2O/c13-8-5-6(14)1-2-9(8)18-12(19)7-3-4-17-11(16)10(7)15/h1-5H,(H,18,19). The first-order valence-corrected chi connectivity index (χ1v) is 6.22. The van der Waals surface area contributed by atoms with Gasteiger partial charge in [-0.1, -0.05) is 11.6 Å². The Hall–Kier alpha value is -1.53. The fourth-order valence-corrected chi connectivity index (χ4v) is 2.16. The first-order chi connectivity index (χ1) is 8.99. The molecule has 19 heavy (non-hydrogen) atoms. The van der Waals surface area contributed by atoms with Crippen LogP contribution in [-0.4, -0.2) is 10.9 Å². The number of rotatable bonds is 2. The minimum Gasteiger partial charge on any atom is -0.321 e. The molecule has 0 saturated carbocycles. The summed E-state index contributed by atoms with van der Waals surface area (Å²) in [4.78, 5) is 14.9. The zero-order valence-corrected chi connectivity index (χ0v) is 11.6. The zero-order valence-electron chi connectivity index (χ0n) is 9.25. The van der Waals surface area contributed by atoms with Crippen LogP contribution in [0.2, 0.25) is 5.02 Å². The monoisotopic (exact) mass is 346 g/mol. The van der Waals surface area contributed by atoms with Crippen LogP contribution in [-0.2, 0) is 0 Å². The van der Waals surface area contributed by atoms with Gasteiger partial charge in [0.2, 0.25) is 5.95 Å². The van der Waals surface area contributed by atoms with Crippen LogP contribution in [0.3, 0.4) is 0 Å². The number of hydrogen-bond acceptors (Lipinski definition) is 2. The van der Waals surface area contributed by atoms with Crippen molar-refractivity contribution in [3.05, 3.63) is 57.3 Å². The number of nitrogens with zero attached hydrogens (tertiary/aromatic N) is 1. The summed E-state index contributed by atoms with van der Waals surface area (Å²) in [6.07, 6.45) is 1.02. The average Bonchev–Trinajstić information content (AvgIpc) is 2.36. The van der Waals surface area contributed by atoms with E-state index in [0.717, 1.165) is 12.3 Å². The number of halogens is 4. The van der Waals surface area contributed by atoms with E-state index >= 15 is 0 Å². The van der Waals surface area contributed by atoms with Gasteiger partial charge < -0.3 is 5.32 Å². The number of carbonyl (C=O) groups is 1. The van der Waals surface area contributed by atoms with Crippen LogP contribution < -0.4 is 5.32 Å². The maximum atomic E-state index is 13.4. The highest BCUT2D eigenvalue weighted by Gasteiger charge is 2.16. The Kier molecular flexibility index (Phi) is 4.11. The molecule has 2 rings (SSSR count). The van der Waals surface area contributed by atoms with Gasteiger partial charge in [0.1, 0.15) is 0 Å². The van der Waals surface area contributed by atoms with Gasteiger partial charge in [0.05, 0.1) is 11.3 Å². The summed E-state index contributed by atoms with van der Waals surface area (Å²) >= 11 is 8.96. The molecular weight excluding hydrogens is 341 g/mol. The molecule has 0 aliphatic heterocycles. The quantitative estimate of drug-likeness (QED) is 0.834. The molecule has 1 amide bonds. The molecule has 0 unspecified atom stereocenters. The molecular formula is C12H6BrClF2N2O. The van der Waals surface area contributed by atoms with Crippen molar-refractivity contribution in [2.75, 3.05) is 5.32 Å². The first-order valence-electron chi connectivity index (χ1n) is 5.05. The lowest BCUT2D eigenvalue weighted by Gasteiger charge is -2.08. The summed E-state index contributed by atoms with van der Waals surface area (Å²) in [7, 11) is 0. The lowest BCUT2D eigenvalue weighted by molar-refractivity contribution is 0.102. The second-order valence-corrected chi connectivity index (χ2v) is 4.83. The highest BCUT2D eigenvalue weighted by molar-refractivity contribution is 9.10. The second-order valence-electron chi connectivity index (χ2n) is 3.54. The minimum atomic E-state index is -1.32. The lowest BCUT2D eigenvalue weighted by atomic mass is 10.2. The van der Waals surface area contributed by atoms with E-state index in [1.165, 1.54) is 0 Å². The van der Waals surface area contributed by atoms with Gasteiger partial charge in [-0.15, -0.1) is 0 Å². The highest BCUT2D eigenvalue weighted by Crippen LogP contribution is 2.26. The third-order valence-electron chi connectivity index (χ3n) is 2.27. The lowest BCUT2D eigenvalue weighted by Crippen LogP contribution is -2.15. The number of carbonyl (C=O) groups excluding carboxylic acids is 1. The maximum Gasteiger partial charge on any atom is 0.258 e. The fraction of sp³-hybridized carbons (Fsp3) is 0. The molecule has 1 aromatic heterocycles. The first kappa shape index (κ1) is 13.9.